The van der Waals surface area contributed by atoms with E-state index in [2.05, 4.69) is 53.9 Å². The zero-order chi connectivity index (χ0) is 17.4. The highest BCUT2D eigenvalue weighted by Gasteiger charge is 2.53. The number of hydrogen-bond donors (Lipinski definition) is 1. The van der Waals surface area contributed by atoms with Gasteiger partial charge in [0.1, 0.15) is 5.76 Å². The molecule has 0 aliphatic carbocycles. The molecule has 2 fully saturated rings. The lowest BCUT2D eigenvalue weighted by molar-refractivity contribution is -0.0669. The van der Waals surface area contributed by atoms with Crippen molar-refractivity contribution in [3.05, 3.63) is 24.2 Å². The van der Waals surface area contributed by atoms with Crippen molar-refractivity contribution in [2.45, 2.75) is 52.1 Å². The molecule has 0 bridgehead atoms. The first-order chi connectivity index (χ1) is 11.4. The minimum atomic E-state index is 0. The quantitative estimate of drug-likeness (QED) is 0.423. The lowest BCUT2D eigenvalue weighted by Crippen LogP contribution is -2.72. The van der Waals surface area contributed by atoms with E-state index in [0.717, 1.165) is 37.9 Å². The molecule has 3 rings (SSSR count). The van der Waals surface area contributed by atoms with Crippen molar-refractivity contribution < 1.29 is 4.42 Å². The van der Waals surface area contributed by atoms with Crippen LogP contribution in [0.3, 0.4) is 0 Å². The van der Waals surface area contributed by atoms with Crippen molar-refractivity contribution in [3.8, 4) is 0 Å². The molecule has 0 radical (unpaired) electrons. The lowest BCUT2D eigenvalue weighted by Gasteiger charge is -2.62. The molecule has 1 aromatic heterocycles. The molecule has 0 spiro atoms. The van der Waals surface area contributed by atoms with Crippen LogP contribution in [0.4, 0.5) is 0 Å². The molecule has 1 atom stereocenters. The molecule has 1 unspecified atom stereocenters. The molecule has 2 saturated heterocycles. The van der Waals surface area contributed by atoms with Crippen LogP contribution in [0.2, 0.25) is 0 Å². The number of nitrogens with zero attached hydrogens (tertiary/aromatic N) is 3. The van der Waals surface area contributed by atoms with Crippen molar-refractivity contribution in [1.82, 2.24) is 15.1 Å². The van der Waals surface area contributed by atoms with Gasteiger partial charge in [0.2, 0.25) is 0 Å². The number of nitrogens with one attached hydrogen (secondary N) is 1. The highest BCUT2D eigenvalue weighted by molar-refractivity contribution is 14.0. The van der Waals surface area contributed by atoms with Crippen molar-refractivity contribution in [3.63, 3.8) is 0 Å². The zero-order valence-electron chi connectivity index (χ0n) is 16.2. The van der Waals surface area contributed by atoms with Gasteiger partial charge in [-0.1, -0.05) is 13.8 Å². The van der Waals surface area contributed by atoms with Crippen LogP contribution in [-0.2, 0) is 0 Å². The van der Waals surface area contributed by atoms with Crippen LogP contribution in [0.1, 0.15) is 52.3 Å². The van der Waals surface area contributed by atoms with E-state index < -0.39 is 0 Å². The summed E-state index contributed by atoms with van der Waals surface area (Å²) in [6, 6.07) is 4.34. The highest BCUT2D eigenvalue weighted by atomic mass is 127. The van der Waals surface area contributed by atoms with Gasteiger partial charge in [0, 0.05) is 31.1 Å². The Balaban J connectivity index is 0.00000225. The smallest absolute Gasteiger partial charge is 0.194 e. The second kappa shape index (κ2) is 7.86. The zero-order valence-corrected chi connectivity index (χ0v) is 18.5. The maximum Gasteiger partial charge on any atom is 0.194 e. The van der Waals surface area contributed by atoms with Crippen molar-refractivity contribution in [2.75, 3.05) is 33.2 Å². The first-order valence-electron chi connectivity index (χ1n) is 9.12. The molecular formula is C19H33IN4O. The van der Waals surface area contributed by atoms with Crippen LogP contribution < -0.4 is 5.32 Å². The molecule has 2 aliphatic heterocycles. The number of halogens is 1. The normalized spacial score (nSPS) is 23.7. The minimum Gasteiger partial charge on any atom is -0.468 e. The van der Waals surface area contributed by atoms with E-state index in [1.54, 1.807) is 6.26 Å². The summed E-state index contributed by atoms with van der Waals surface area (Å²) in [5, 5.41) is 3.60. The van der Waals surface area contributed by atoms with E-state index in [1.807, 2.05) is 13.1 Å². The van der Waals surface area contributed by atoms with Gasteiger partial charge in [-0.25, -0.2) is 0 Å². The number of guanidine groups is 1. The maximum atomic E-state index is 5.71. The number of hydrogen-bond acceptors (Lipinski definition) is 3. The molecule has 5 nitrogen and oxygen atoms in total. The third-order valence-corrected chi connectivity index (χ3v) is 6.26. The summed E-state index contributed by atoms with van der Waals surface area (Å²) in [6.07, 6.45) is 4.33. The molecule has 2 aliphatic rings. The molecule has 25 heavy (non-hydrogen) atoms. The van der Waals surface area contributed by atoms with Gasteiger partial charge in [0.05, 0.1) is 12.3 Å². The Bertz CT molecular complexity index is 576. The van der Waals surface area contributed by atoms with E-state index in [-0.39, 0.29) is 35.6 Å². The van der Waals surface area contributed by atoms with Crippen LogP contribution in [0.5, 0.6) is 0 Å². The van der Waals surface area contributed by atoms with Crippen LogP contribution in [-0.4, -0.2) is 54.5 Å². The Morgan fingerprint density at radius 2 is 1.96 bits per heavy atom. The van der Waals surface area contributed by atoms with E-state index in [0.29, 0.717) is 5.41 Å². The minimum absolute atomic E-state index is 0. The van der Waals surface area contributed by atoms with Gasteiger partial charge in [-0.3, -0.25) is 9.89 Å². The van der Waals surface area contributed by atoms with Crippen LogP contribution >= 0.6 is 24.0 Å². The largest absolute Gasteiger partial charge is 0.468 e. The fourth-order valence-corrected chi connectivity index (χ4v) is 3.83. The number of rotatable bonds is 4. The second-order valence-corrected chi connectivity index (χ2v) is 8.23. The van der Waals surface area contributed by atoms with Crippen molar-refractivity contribution >= 4 is 29.9 Å². The van der Waals surface area contributed by atoms with E-state index in [4.69, 9.17) is 4.42 Å². The number of likely N-dealkylation sites (tertiary alicyclic amines) is 2. The second-order valence-electron chi connectivity index (χ2n) is 8.23. The SMILES string of the molecule is CN=C(NCC(c1ccco1)N1CCCC1)N1CC(C)(C)C1(C)C.I. The Kier molecular flexibility index (Phi) is 6.46. The van der Waals surface area contributed by atoms with Gasteiger partial charge in [0.15, 0.2) is 5.96 Å². The monoisotopic (exact) mass is 460 g/mol. The predicted molar refractivity (Wildman–Crippen MR) is 114 cm³/mol. The van der Waals surface area contributed by atoms with Crippen LogP contribution in [0, 0.1) is 5.41 Å². The van der Waals surface area contributed by atoms with Crippen LogP contribution in [0.15, 0.2) is 27.8 Å². The van der Waals surface area contributed by atoms with Gasteiger partial charge >= 0.3 is 0 Å². The first kappa shape index (κ1) is 20.6. The molecule has 1 aromatic rings. The maximum absolute atomic E-state index is 5.71. The highest BCUT2D eigenvalue weighted by Crippen LogP contribution is 2.46. The van der Waals surface area contributed by atoms with Gasteiger partial charge in [-0.05, 0) is 51.9 Å². The van der Waals surface area contributed by atoms with Gasteiger partial charge in [0.25, 0.3) is 0 Å². The predicted octanol–water partition coefficient (Wildman–Crippen LogP) is 3.73. The first-order valence-corrected chi connectivity index (χ1v) is 9.12. The average molecular weight is 460 g/mol. The Morgan fingerprint density at radius 1 is 1.28 bits per heavy atom. The summed E-state index contributed by atoms with van der Waals surface area (Å²) in [7, 11) is 1.88. The Labute approximate surface area is 169 Å². The Morgan fingerprint density at radius 3 is 2.44 bits per heavy atom. The average Bonchev–Trinajstić information content (AvgIpc) is 3.23. The van der Waals surface area contributed by atoms with E-state index in [9.17, 15) is 0 Å². The summed E-state index contributed by atoms with van der Waals surface area (Å²) in [4.78, 5) is 9.44. The van der Waals surface area contributed by atoms with Gasteiger partial charge < -0.3 is 14.6 Å². The molecule has 6 heteroatoms. The molecule has 1 N–H and O–H groups in total. The molecule has 0 aromatic carbocycles. The van der Waals surface area contributed by atoms with Crippen molar-refractivity contribution in [2.24, 2.45) is 10.4 Å². The standard InChI is InChI=1S/C19H32N4O.HI/c1-18(2)14-23(19(18,3)4)17(20-5)21-13-15(16-9-8-12-24-16)22-10-6-7-11-22;/h8-9,12,15H,6-7,10-11,13-14H2,1-5H3,(H,20,21);1H. The van der Waals surface area contributed by atoms with E-state index >= 15 is 0 Å². The summed E-state index contributed by atoms with van der Waals surface area (Å²) in [6.45, 7) is 13.4. The molecule has 0 saturated carbocycles. The number of furan rings is 1. The Hall–Kier alpha value is -0.760. The number of aliphatic imine (C=N–C) groups is 1. The summed E-state index contributed by atoms with van der Waals surface area (Å²) < 4.78 is 5.71. The summed E-state index contributed by atoms with van der Waals surface area (Å²) in [5.74, 6) is 2.04. The van der Waals surface area contributed by atoms with Crippen LogP contribution in [0.25, 0.3) is 0 Å². The fourth-order valence-electron chi connectivity index (χ4n) is 3.83. The third kappa shape index (κ3) is 3.84. The fraction of sp³-hybridized carbons (Fsp3) is 0.737. The van der Waals surface area contributed by atoms with Crippen molar-refractivity contribution in [1.29, 1.82) is 0 Å². The molecule has 142 valence electrons. The van der Waals surface area contributed by atoms with Gasteiger partial charge in [-0.15, -0.1) is 24.0 Å². The van der Waals surface area contributed by atoms with E-state index in [1.165, 1.54) is 12.8 Å². The lowest BCUT2D eigenvalue weighted by atomic mass is 9.65. The molecule has 3 heterocycles. The summed E-state index contributed by atoms with van der Waals surface area (Å²) >= 11 is 0. The molecular weight excluding hydrogens is 427 g/mol. The summed E-state index contributed by atoms with van der Waals surface area (Å²) in [5.41, 5.74) is 0.419. The molecule has 0 amide bonds. The van der Waals surface area contributed by atoms with Gasteiger partial charge in [-0.2, -0.15) is 0 Å². The third-order valence-electron chi connectivity index (χ3n) is 6.26. The topological polar surface area (TPSA) is 44.0 Å².